The molecule has 0 amide bonds. The van der Waals surface area contributed by atoms with Gasteiger partial charge in [0.2, 0.25) is 0 Å². The number of aliphatic hydroxyl groups excluding tert-OH is 1. The van der Waals surface area contributed by atoms with Crippen LogP contribution in [0.5, 0.6) is 0 Å². The Kier molecular flexibility index (Phi) is 4.75. The lowest BCUT2D eigenvalue weighted by molar-refractivity contribution is -0.112. The molecule has 0 aliphatic heterocycles. The maximum Gasteiger partial charge on any atom is 0.188 e. The van der Waals surface area contributed by atoms with Gasteiger partial charge in [0.15, 0.2) is 5.12 Å². The predicted octanol–water partition coefficient (Wildman–Crippen LogP) is -0.457. The molecule has 0 bridgehead atoms. The summed E-state index contributed by atoms with van der Waals surface area (Å²) in [6, 6.07) is 0. The average Bonchev–Trinajstić information content (AvgIpc) is 1.63. The Labute approximate surface area is 59.6 Å². The first-order valence-corrected chi connectivity index (χ1v) is 3.21. The molecule has 0 aromatic rings. The third-order valence-corrected chi connectivity index (χ3v) is 1.09. The van der Waals surface area contributed by atoms with Crippen LogP contribution in [-0.2, 0) is 4.79 Å². The van der Waals surface area contributed by atoms with Gasteiger partial charge in [-0.2, -0.15) is 0 Å². The van der Waals surface area contributed by atoms with Gasteiger partial charge in [0.1, 0.15) is 0 Å². The Bertz CT molecular complexity index is 97.0. The van der Waals surface area contributed by atoms with E-state index in [9.17, 15) is 4.79 Å². The number of nitrogens with two attached hydrogens (primary N) is 1. The summed E-state index contributed by atoms with van der Waals surface area (Å²) >= 11 is 3.49. The summed E-state index contributed by atoms with van der Waals surface area (Å²) in [6.07, 6.45) is -0.0490. The quantitative estimate of drug-likeness (QED) is 0.474. The lowest BCUT2D eigenvalue weighted by atomic mass is 10.2. The van der Waals surface area contributed by atoms with Crippen molar-refractivity contribution in [3.05, 3.63) is 0 Å². The number of hydrogen-bond donors (Lipinski definition) is 3. The second-order valence-corrected chi connectivity index (χ2v) is 2.33. The van der Waals surface area contributed by atoms with Crippen molar-refractivity contribution in [1.29, 1.82) is 0 Å². The fourth-order valence-electron chi connectivity index (χ4n) is 0.496. The standard InChI is InChI=1S/C5H11NO2S/c6-2-1-4(7)3-5(8)9/h4,7H,1-3,6H2,(H,8,9). The maximum absolute atomic E-state index is 10.2. The van der Waals surface area contributed by atoms with Gasteiger partial charge in [-0.3, -0.25) is 4.79 Å². The molecule has 0 aromatic heterocycles. The molecule has 1 atom stereocenters. The predicted molar refractivity (Wildman–Crippen MR) is 38.3 cm³/mol. The van der Waals surface area contributed by atoms with Crippen molar-refractivity contribution in [2.75, 3.05) is 6.54 Å². The van der Waals surface area contributed by atoms with Gasteiger partial charge >= 0.3 is 0 Å². The highest BCUT2D eigenvalue weighted by molar-refractivity contribution is 7.96. The molecule has 0 heterocycles. The summed E-state index contributed by atoms with van der Waals surface area (Å²) in [5, 5.41) is 8.57. The zero-order chi connectivity index (χ0) is 7.28. The molecular weight excluding hydrogens is 138 g/mol. The molecule has 4 heteroatoms. The first-order chi connectivity index (χ1) is 4.16. The summed E-state index contributed by atoms with van der Waals surface area (Å²) < 4.78 is 0. The third kappa shape index (κ3) is 5.82. The number of carbonyl (C=O) groups is 1. The molecular formula is C5H11NO2S. The Morgan fingerprint density at radius 3 is 2.67 bits per heavy atom. The summed E-state index contributed by atoms with van der Waals surface area (Å²) in [7, 11) is 0. The van der Waals surface area contributed by atoms with E-state index in [0.717, 1.165) is 0 Å². The number of carbonyl (C=O) groups excluding carboxylic acids is 1. The zero-order valence-corrected chi connectivity index (χ0v) is 5.97. The SMILES string of the molecule is NCCC(O)CC(=O)S. The highest BCUT2D eigenvalue weighted by Gasteiger charge is 2.05. The lowest BCUT2D eigenvalue weighted by Gasteiger charge is -2.03. The van der Waals surface area contributed by atoms with E-state index >= 15 is 0 Å². The van der Waals surface area contributed by atoms with Gasteiger partial charge < -0.3 is 10.8 Å². The highest BCUT2D eigenvalue weighted by Crippen LogP contribution is 1.98. The molecule has 0 aliphatic carbocycles. The van der Waals surface area contributed by atoms with Gasteiger partial charge in [0.25, 0.3) is 0 Å². The topological polar surface area (TPSA) is 63.3 Å². The minimum Gasteiger partial charge on any atom is -0.393 e. The fraction of sp³-hybridized carbons (Fsp3) is 0.800. The van der Waals surface area contributed by atoms with Crippen molar-refractivity contribution in [3.8, 4) is 0 Å². The van der Waals surface area contributed by atoms with Crippen molar-refractivity contribution in [2.24, 2.45) is 5.73 Å². The Morgan fingerprint density at radius 1 is 1.78 bits per heavy atom. The smallest absolute Gasteiger partial charge is 0.188 e. The molecule has 1 unspecified atom stereocenters. The van der Waals surface area contributed by atoms with Crippen LogP contribution in [0.2, 0.25) is 0 Å². The highest BCUT2D eigenvalue weighted by atomic mass is 32.1. The maximum atomic E-state index is 10.2. The van der Waals surface area contributed by atoms with Crippen LogP contribution in [0.4, 0.5) is 0 Å². The minimum atomic E-state index is -0.611. The minimum absolute atomic E-state index is 0.0975. The first-order valence-electron chi connectivity index (χ1n) is 2.76. The Balaban J connectivity index is 3.26. The van der Waals surface area contributed by atoms with Crippen LogP contribution in [0.25, 0.3) is 0 Å². The van der Waals surface area contributed by atoms with E-state index in [-0.39, 0.29) is 11.5 Å². The third-order valence-electron chi connectivity index (χ3n) is 0.910. The van der Waals surface area contributed by atoms with Crippen LogP contribution in [0.3, 0.4) is 0 Å². The number of hydrogen-bond acceptors (Lipinski definition) is 3. The summed E-state index contributed by atoms with van der Waals surface area (Å²) in [6.45, 7) is 0.405. The van der Waals surface area contributed by atoms with Crippen LogP contribution >= 0.6 is 12.6 Å². The van der Waals surface area contributed by atoms with Crippen molar-refractivity contribution in [1.82, 2.24) is 0 Å². The molecule has 0 saturated heterocycles. The van der Waals surface area contributed by atoms with Crippen molar-refractivity contribution >= 4 is 17.7 Å². The van der Waals surface area contributed by atoms with Crippen molar-refractivity contribution < 1.29 is 9.90 Å². The fourth-order valence-corrected chi connectivity index (χ4v) is 0.707. The summed E-state index contributed by atoms with van der Waals surface area (Å²) in [4.78, 5) is 10.2. The largest absolute Gasteiger partial charge is 0.393 e. The normalized spacial score (nSPS) is 13.2. The van der Waals surface area contributed by atoms with Crippen LogP contribution < -0.4 is 5.73 Å². The van der Waals surface area contributed by atoms with E-state index in [1.165, 1.54) is 0 Å². The number of thiol groups is 1. The van der Waals surface area contributed by atoms with E-state index in [4.69, 9.17) is 10.8 Å². The second-order valence-electron chi connectivity index (χ2n) is 1.83. The summed E-state index contributed by atoms with van der Waals surface area (Å²) in [5.41, 5.74) is 5.11. The molecule has 0 saturated carbocycles. The van der Waals surface area contributed by atoms with E-state index < -0.39 is 6.10 Å². The molecule has 3 N–H and O–H groups in total. The van der Waals surface area contributed by atoms with E-state index in [2.05, 4.69) is 12.6 Å². The van der Waals surface area contributed by atoms with Gasteiger partial charge in [0, 0.05) is 6.42 Å². The van der Waals surface area contributed by atoms with Gasteiger partial charge in [-0.25, -0.2) is 0 Å². The van der Waals surface area contributed by atoms with Gasteiger partial charge in [-0.05, 0) is 13.0 Å². The zero-order valence-electron chi connectivity index (χ0n) is 5.08. The Hall–Kier alpha value is -0.0600. The molecule has 9 heavy (non-hydrogen) atoms. The molecule has 0 rings (SSSR count). The molecule has 0 aromatic carbocycles. The second kappa shape index (κ2) is 4.78. The van der Waals surface area contributed by atoms with Crippen molar-refractivity contribution in [2.45, 2.75) is 18.9 Å². The monoisotopic (exact) mass is 149 g/mol. The molecule has 0 spiro atoms. The molecule has 54 valence electrons. The molecule has 0 fully saturated rings. The van der Waals surface area contributed by atoms with Crippen molar-refractivity contribution in [3.63, 3.8) is 0 Å². The summed E-state index contributed by atoms with van der Waals surface area (Å²) in [5.74, 6) is 0. The van der Waals surface area contributed by atoms with Crippen LogP contribution in [0, 0.1) is 0 Å². The lowest BCUT2D eigenvalue weighted by Crippen LogP contribution is -2.15. The van der Waals surface area contributed by atoms with Crippen LogP contribution in [0.15, 0.2) is 0 Å². The Morgan fingerprint density at radius 2 is 2.33 bits per heavy atom. The molecule has 0 aliphatic rings. The van der Waals surface area contributed by atoms with Gasteiger partial charge in [-0.1, -0.05) is 0 Å². The van der Waals surface area contributed by atoms with E-state index in [1.807, 2.05) is 0 Å². The number of rotatable bonds is 4. The average molecular weight is 149 g/mol. The number of aliphatic hydroxyl groups is 1. The van der Waals surface area contributed by atoms with Crippen LogP contribution in [-0.4, -0.2) is 22.9 Å². The first kappa shape index (κ1) is 8.94. The molecule has 0 radical (unpaired) electrons. The molecule has 3 nitrogen and oxygen atoms in total. The van der Waals surface area contributed by atoms with Gasteiger partial charge in [0.05, 0.1) is 6.10 Å². The van der Waals surface area contributed by atoms with Gasteiger partial charge in [-0.15, -0.1) is 12.6 Å². The van der Waals surface area contributed by atoms with E-state index in [1.54, 1.807) is 0 Å². The van der Waals surface area contributed by atoms with Crippen LogP contribution in [0.1, 0.15) is 12.8 Å². The van der Waals surface area contributed by atoms with E-state index in [0.29, 0.717) is 13.0 Å².